The number of rotatable bonds is 9. The van der Waals surface area contributed by atoms with Crippen molar-refractivity contribution >= 4 is 0 Å². The number of nitrogens with zero attached hydrogens (tertiary/aromatic N) is 1. The fourth-order valence-electron chi connectivity index (χ4n) is 3.42. The molecular weight excluding hydrogens is 342 g/mol. The van der Waals surface area contributed by atoms with Crippen molar-refractivity contribution in [3.8, 4) is 5.75 Å². The monoisotopic (exact) mass is 373 g/mol. The molecule has 1 N–H and O–H groups in total. The van der Waals surface area contributed by atoms with Gasteiger partial charge in [0.2, 0.25) is 0 Å². The van der Waals surface area contributed by atoms with Gasteiger partial charge in [0, 0.05) is 19.7 Å². The molecule has 148 valence electrons. The minimum absolute atomic E-state index is 0.230. The minimum atomic E-state index is -0.580. The van der Waals surface area contributed by atoms with E-state index < -0.39 is 6.10 Å². The fraction of sp³-hybridized carbons (Fsp3) is 0.545. The van der Waals surface area contributed by atoms with Crippen molar-refractivity contribution in [3.63, 3.8) is 0 Å². The van der Waals surface area contributed by atoms with Crippen LogP contribution < -0.4 is 4.74 Å². The summed E-state index contributed by atoms with van der Waals surface area (Å²) in [5, 5.41) is 10.5. The van der Waals surface area contributed by atoms with Crippen LogP contribution in [0.25, 0.3) is 0 Å². The Balaban J connectivity index is 1.55. The van der Waals surface area contributed by atoms with Crippen LogP contribution in [-0.2, 0) is 11.3 Å². The van der Waals surface area contributed by atoms with Gasteiger partial charge in [-0.05, 0) is 69.0 Å². The first kappa shape index (κ1) is 19.9. The summed E-state index contributed by atoms with van der Waals surface area (Å²) in [5.74, 6) is 2.61. The van der Waals surface area contributed by atoms with Gasteiger partial charge in [0.1, 0.15) is 30.0 Å². The molecule has 27 heavy (non-hydrogen) atoms. The molecule has 2 unspecified atom stereocenters. The highest BCUT2D eigenvalue weighted by atomic mass is 16.5. The molecule has 2 heterocycles. The van der Waals surface area contributed by atoms with Gasteiger partial charge in [0.15, 0.2) is 0 Å². The Morgan fingerprint density at radius 3 is 2.70 bits per heavy atom. The van der Waals surface area contributed by atoms with Gasteiger partial charge in [-0.15, -0.1) is 0 Å². The summed E-state index contributed by atoms with van der Waals surface area (Å²) in [5.41, 5.74) is 2.43. The van der Waals surface area contributed by atoms with Crippen LogP contribution in [0, 0.1) is 20.8 Å². The molecule has 1 fully saturated rings. The van der Waals surface area contributed by atoms with Crippen molar-refractivity contribution in [3.05, 3.63) is 53.0 Å². The Morgan fingerprint density at radius 1 is 1.19 bits per heavy atom. The molecule has 5 nitrogen and oxygen atoms in total. The summed E-state index contributed by atoms with van der Waals surface area (Å²) in [6.45, 7) is 9.15. The van der Waals surface area contributed by atoms with Gasteiger partial charge in [0.05, 0.1) is 12.6 Å². The number of aryl methyl sites for hydroxylation is 3. The van der Waals surface area contributed by atoms with E-state index in [0.29, 0.717) is 13.1 Å². The predicted molar refractivity (Wildman–Crippen MR) is 105 cm³/mol. The average molecular weight is 373 g/mol. The second kappa shape index (κ2) is 9.40. The van der Waals surface area contributed by atoms with E-state index in [9.17, 15) is 5.11 Å². The van der Waals surface area contributed by atoms with Crippen LogP contribution in [0.1, 0.15) is 35.5 Å². The van der Waals surface area contributed by atoms with E-state index in [4.69, 9.17) is 13.9 Å². The molecular formula is C22H31NO4. The van der Waals surface area contributed by atoms with Crippen LogP contribution >= 0.6 is 0 Å². The van der Waals surface area contributed by atoms with Gasteiger partial charge in [-0.25, -0.2) is 0 Å². The van der Waals surface area contributed by atoms with Crippen molar-refractivity contribution in [1.29, 1.82) is 0 Å². The minimum Gasteiger partial charge on any atom is -0.491 e. The van der Waals surface area contributed by atoms with Crippen molar-refractivity contribution in [2.75, 3.05) is 26.3 Å². The van der Waals surface area contributed by atoms with Crippen molar-refractivity contribution in [2.45, 2.75) is 52.4 Å². The lowest BCUT2D eigenvalue weighted by atomic mass is 10.1. The van der Waals surface area contributed by atoms with Gasteiger partial charge >= 0.3 is 0 Å². The lowest BCUT2D eigenvalue weighted by Crippen LogP contribution is -2.39. The Kier molecular flexibility index (Phi) is 6.94. The van der Waals surface area contributed by atoms with E-state index in [-0.39, 0.29) is 12.7 Å². The van der Waals surface area contributed by atoms with Crippen LogP contribution in [0.4, 0.5) is 0 Å². The molecule has 0 spiro atoms. The normalized spacial score (nSPS) is 18.2. The maximum Gasteiger partial charge on any atom is 0.119 e. The Morgan fingerprint density at radius 2 is 2.04 bits per heavy atom. The lowest BCUT2D eigenvalue weighted by molar-refractivity contribution is 0.0289. The third-order valence-corrected chi connectivity index (χ3v) is 5.05. The lowest BCUT2D eigenvalue weighted by Gasteiger charge is -2.26. The molecule has 1 aromatic heterocycles. The summed E-state index contributed by atoms with van der Waals surface area (Å²) in [4.78, 5) is 2.20. The SMILES string of the molecule is Cc1ccc(CN(CC(O)COc2ccc(C)c(C)c2)CC2CCCO2)o1. The predicted octanol–water partition coefficient (Wildman–Crippen LogP) is 3.63. The molecule has 0 amide bonds. The van der Waals surface area contributed by atoms with E-state index >= 15 is 0 Å². The van der Waals surface area contributed by atoms with Gasteiger partial charge in [-0.2, -0.15) is 0 Å². The number of hydrogen-bond donors (Lipinski definition) is 1. The largest absolute Gasteiger partial charge is 0.491 e. The Hall–Kier alpha value is -1.82. The molecule has 2 atom stereocenters. The van der Waals surface area contributed by atoms with Crippen LogP contribution in [0.2, 0.25) is 0 Å². The van der Waals surface area contributed by atoms with Crippen LogP contribution in [0.5, 0.6) is 5.75 Å². The average Bonchev–Trinajstić information content (AvgIpc) is 3.28. The molecule has 0 radical (unpaired) electrons. The third-order valence-electron chi connectivity index (χ3n) is 5.05. The number of aliphatic hydroxyl groups excluding tert-OH is 1. The first-order chi connectivity index (χ1) is 13.0. The molecule has 1 aromatic carbocycles. The Bertz CT molecular complexity index is 721. The van der Waals surface area contributed by atoms with E-state index in [1.165, 1.54) is 11.1 Å². The zero-order chi connectivity index (χ0) is 19.2. The second-order valence-electron chi connectivity index (χ2n) is 7.55. The van der Waals surface area contributed by atoms with Crippen molar-refractivity contribution in [2.24, 2.45) is 0 Å². The van der Waals surface area contributed by atoms with Crippen LogP contribution in [0.3, 0.4) is 0 Å². The van der Waals surface area contributed by atoms with E-state index in [0.717, 1.165) is 43.3 Å². The molecule has 0 saturated carbocycles. The summed E-state index contributed by atoms with van der Waals surface area (Å²) >= 11 is 0. The summed E-state index contributed by atoms with van der Waals surface area (Å²) in [6, 6.07) is 9.97. The van der Waals surface area contributed by atoms with E-state index in [2.05, 4.69) is 18.7 Å². The van der Waals surface area contributed by atoms with Crippen LogP contribution in [0.15, 0.2) is 34.7 Å². The molecule has 1 aliphatic heterocycles. The zero-order valence-corrected chi connectivity index (χ0v) is 16.6. The molecule has 1 aliphatic rings. The summed E-state index contributed by atoms with van der Waals surface area (Å²) in [7, 11) is 0. The first-order valence-corrected chi connectivity index (χ1v) is 9.77. The van der Waals surface area contributed by atoms with E-state index in [1.807, 2.05) is 37.3 Å². The first-order valence-electron chi connectivity index (χ1n) is 9.77. The van der Waals surface area contributed by atoms with Crippen LogP contribution in [-0.4, -0.2) is 48.5 Å². The number of benzene rings is 1. The molecule has 0 bridgehead atoms. The second-order valence-corrected chi connectivity index (χ2v) is 7.55. The molecule has 0 aliphatic carbocycles. The highest BCUT2D eigenvalue weighted by molar-refractivity contribution is 5.33. The highest BCUT2D eigenvalue weighted by Gasteiger charge is 2.22. The fourth-order valence-corrected chi connectivity index (χ4v) is 3.42. The van der Waals surface area contributed by atoms with Gasteiger partial charge in [-0.3, -0.25) is 4.90 Å². The molecule has 3 rings (SSSR count). The van der Waals surface area contributed by atoms with Crippen molar-refractivity contribution < 1.29 is 19.0 Å². The summed E-state index contributed by atoms with van der Waals surface area (Å²) in [6.07, 6.45) is 1.83. The molecule has 1 saturated heterocycles. The summed E-state index contributed by atoms with van der Waals surface area (Å²) < 4.78 is 17.3. The Labute approximate surface area is 161 Å². The maximum absolute atomic E-state index is 10.5. The van der Waals surface area contributed by atoms with Crippen molar-refractivity contribution in [1.82, 2.24) is 4.90 Å². The maximum atomic E-state index is 10.5. The quantitative estimate of drug-likeness (QED) is 0.727. The number of hydrogen-bond acceptors (Lipinski definition) is 5. The number of furan rings is 1. The number of aliphatic hydroxyl groups is 1. The van der Waals surface area contributed by atoms with Gasteiger partial charge in [-0.1, -0.05) is 6.07 Å². The molecule has 2 aromatic rings. The zero-order valence-electron chi connectivity index (χ0n) is 16.6. The van der Waals surface area contributed by atoms with Gasteiger partial charge in [0.25, 0.3) is 0 Å². The van der Waals surface area contributed by atoms with E-state index in [1.54, 1.807) is 0 Å². The third kappa shape index (κ3) is 6.09. The standard InChI is InChI=1S/C22H31NO4/c1-16-6-8-20(11-17(16)2)26-15-19(24)12-23(13-21-5-4-10-25-21)14-22-9-7-18(3)27-22/h6-9,11,19,21,24H,4-5,10,12-15H2,1-3H3. The number of ether oxygens (including phenoxy) is 2. The topological polar surface area (TPSA) is 55.1 Å². The molecule has 5 heteroatoms. The smallest absolute Gasteiger partial charge is 0.119 e. The van der Waals surface area contributed by atoms with Gasteiger partial charge < -0.3 is 19.0 Å². The highest BCUT2D eigenvalue weighted by Crippen LogP contribution is 2.18.